The third-order valence-electron chi connectivity index (χ3n) is 5.79. The first-order chi connectivity index (χ1) is 17.4. The maximum Gasteiger partial charge on any atom is 0.573 e. The number of ether oxygens (including phenoxy) is 1. The van der Waals surface area contributed by atoms with E-state index in [2.05, 4.69) is 4.74 Å². The lowest BCUT2D eigenvalue weighted by molar-refractivity contribution is -0.274. The summed E-state index contributed by atoms with van der Waals surface area (Å²) in [6.45, 7) is 5.86. The molecule has 0 spiro atoms. The summed E-state index contributed by atoms with van der Waals surface area (Å²) in [5, 5.41) is 0. The van der Waals surface area contributed by atoms with Crippen LogP contribution < -0.4 is 4.74 Å². The molecule has 3 rings (SSSR count). The van der Waals surface area contributed by atoms with Crippen LogP contribution in [0.2, 0.25) is 0 Å². The van der Waals surface area contributed by atoms with Crippen LogP contribution in [0.1, 0.15) is 43.4 Å². The Kier molecular flexibility index (Phi) is 11.1. The minimum Gasteiger partial charge on any atom is -0.406 e. The van der Waals surface area contributed by atoms with Crippen LogP contribution in [0.3, 0.4) is 0 Å². The van der Waals surface area contributed by atoms with Crippen molar-refractivity contribution in [3.05, 3.63) is 95.3 Å². The Morgan fingerprint density at radius 1 is 0.865 bits per heavy atom. The van der Waals surface area contributed by atoms with Gasteiger partial charge in [0, 0.05) is 13.1 Å². The van der Waals surface area contributed by atoms with E-state index in [-0.39, 0.29) is 16.5 Å². The van der Waals surface area contributed by atoms with Gasteiger partial charge < -0.3 is 4.74 Å². The van der Waals surface area contributed by atoms with E-state index in [1.165, 1.54) is 41.7 Å². The fourth-order valence-corrected chi connectivity index (χ4v) is 5.21. The summed E-state index contributed by atoms with van der Waals surface area (Å²) >= 11 is 0. The van der Waals surface area contributed by atoms with Crippen molar-refractivity contribution in [2.45, 2.75) is 63.8 Å². The topological polar surface area (TPSA) is 46.6 Å². The normalized spacial score (nSPS) is 12.6. The molecule has 0 aromatic heterocycles. The van der Waals surface area contributed by atoms with Gasteiger partial charge in [0.1, 0.15) is 11.6 Å². The highest BCUT2D eigenvalue weighted by Gasteiger charge is 2.31. The van der Waals surface area contributed by atoms with Crippen molar-refractivity contribution in [2.24, 2.45) is 0 Å². The predicted octanol–water partition coefficient (Wildman–Crippen LogP) is 7.31. The zero-order valence-corrected chi connectivity index (χ0v) is 22.2. The second kappa shape index (κ2) is 13.6. The van der Waals surface area contributed by atoms with Gasteiger partial charge in [-0.25, -0.2) is 12.8 Å². The SMILES string of the molecule is CC.Cc1ccc(S(=O)(=O)N(C)C(CCc2ccc(F)cc2)CCc2cccc(OC(F)(F)F)c2)cc1. The zero-order chi connectivity index (χ0) is 27.6. The third-order valence-corrected chi connectivity index (χ3v) is 7.71. The summed E-state index contributed by atoms with van der Waals surface area (Å²) in [4.78, 5) is 0.165. The summed E-state index contributed by atoms with van der Waals surface area (Å²) in [6.07, 6.45) is -3.12. The summed E-state index contributed by atoms with van der Waals surface area (Å²) in [7, 11) is -2.30. The first-order valence-electron chi connectivity index (χ1n) is 12.1. The fraction of sp³-hybridized carbons (Fsp3) is 0.357. The van der Waals surface area contributed by atoms with Gasteiger partial charge in [-0.3, -0.25) is 0 Å². The minimum atomic E-state index is -4.79. The van der Waals surface area contributed by atoms with Gasteiger partial charge in [0.15, 0.2) is 0 Å². The highest BCUT2D eigenvalue weighted by Crippen LogP contribution is 2.26. The molecule has 3 aromatic carbocycles. The molecule has 3 aromatic rings. The van der Waals surface area contributed by atoms with Crippen LogP contribution in [0.4, 0.5) is 17.6 Å². The Morgan fingerprint density at radius 2 is 1.43 bits per heavy atom. The summed E-state index contributed by atoms with van der Waals surface area (Å²) in [6, 6.07) is 17.8. The fourth-order valence-electron chi connectivity index (χ4n) is 3.80. The molecule has 9 heteroatoms. The molecule has 1 atom stereocenters. The minimum absolute atomic E-state index is 0.165. The number of halogens is 4. The van der Waals surface area contributed by atoms with Crippen LogP contribution in [0.5, 0.6) is 5.75 Å². The molecule has 0 saturated carbocycles. The average molecular weight is 540 g/mol. The largest absolute Gasteiger partial charge is 0.573 e. The number of aryl methyl sites for hydroxylation is 3. The lowest BCUT2D eigenvalue weighted by Gasteiger charge is -2.28. The molecule has 0 fully saturated rings. The molecule has 37 heavy (non-hydrogen) atoms. The Bertz CT molecular complexity index is 1210. The molecule has 0 radical (unpaired) electrons. The highest BCUT2D eigenvalue weighted by molar-refractivity contribution is 7.89. The molecule has 0 aliphatic carbocycles. The molecule has 4 nitrogen and oxygen atoms in total. The maximum atomic E-state index is 13.3. The number of rotatable bonds is 10. The van der Waals surface area contributed by atoms with Crippen LogP contribution in [0.25, 0.3) is 0 Å². The molecule has 0 heterocycles. The molecule has 0 aliphatic heterocycles. The van der Waals surface area contributed by atoms with Crippen molar-refractivity contribution in [1.82, 2.24) is 4.31 Å². The first-order valence-corrected chi connectivity index (χ1v) is 13.5. The van der Waals surface area contributed by atoms with E-state index in [1.807, 2.05) is 20.8 Å². The Balaban J connectivity index is 0.00000235. The monoisotopic (exact) mass is 539 g/mol. The van der Waals surface area contributed by atoms with Crippen molar-refractivity contribution < 1.29 is 30.7 Å². The Morgan fingerprint density at radius 3 is 2.00 bits per heavy atom. The van der Waals surface area contributed by atoms with E-state index in [1.54, 1.807) is 42.5 Å². The van der Waals surface area contributed by atoms with Gasteiger partial charge in [0.05, 0.1) is 4.90 Å². The standard InChI is InChI=1S/C26H27F4NO3S.C2H6/c1-19-6-16-25(17-7-19)35(32,33)31(2)23(14-10-20-8-12-22(27)13-9-20)15-11-21-4-3-5-24(18-21)34-26(28,29)30;1-2/h3-9,12-13,16-18,23H,10-11,14-15H2,1-2H3;1-2H3. The Labute approximate surface area is 216 Å². The van der Waals surface area contributed by atoms with E-state index in [4.69, 9.17) is 0 Å². The van der Waals surface area contributed by atoms with Crippen molar-refractivity contribution in [3.8, 4) is 5.75 Å². The maximum absolute atomic E-state index is 13.3. The molecular formula is C28H33F4NO3S. The highest BCUT2D eigenvalue weighted by atomic mass is 32.2. The van der Waals surface area contributed by atoms with E-state index in [0.717, 1.165) is 11.1 Å². The molecule has 0 aliphatic rings. The second-order valence-corrected chi connectivity index (χ2v) is 10.4. The number of alkyl halides is 3. The smallest absolute Gasteiger partial charge is 0.406 e. The summed E-state index contributed by atoms with van der Waals surface area (Å²) in [5.41, 5.74) is 2.39. The molecule has 0 amide bonds. The van der Waals surface area contributed by atoms with Crippen LogP contribution in [-0.2, 0) is 22.9 Å². The van der Waals surface area contributed by atoms with E-state index >= 15 is 0 Å². The molecule has 0 N–H and O–H groups in total. The van der Waals surface area contributed by atoms with Crippen molar-refractivity contribution >= 4 is 10.0 Å². The second-order valence-electron chi connectivity index (χ2n) is 8.39. The van der Waals surface area contributed by atoms with E-state index in [0.29, 0.717) is 31.2 Å². The average Bonchev–Trinajstić information content (AvgIpc) is 2.85. The van der Waals surface area contributed by atoms with Gasteiger partial charge in [0.25, 0.3) is 0 Å². The van der Waals surface area contributed by atoms with Gasteiger partial charge in [0.2, 0.25) is 10.0 Å². The van der Waals surface area contributed by atoms with Gasteiger partial charge in [-0.2, -0.15) is 4.31 Å². The van der Waals surface area contributed by atoms with Crippen molar-refractivity contribution in [2.75, 3.05) is 7.05 Å². The third kappa shape index (κ3) is 9.48. The van der Waals surface area contributed by atoms with Crippen LogP contribution in [0, 0.1) is 12.7 Å². The van der Waals surface area contributed by atoms with Gasteiger partial charge >= 0.3 is 6.36 Å². The number of hydrogen-bond donors (Lipinski definition) is 0. The van der Waals surface area contributed by atoms with Gasteiger partial charge in [-0.05, 0) is 80.1 Å². The number of hydrogen-bond acceptors (Lipinski definition) is 3. The van der Waals surface area contributed by atoms with E-state index in [9.17, 15) is 26.0 Å². The summed E-state index contributed by atoms with van der Waals surface area (Å²) < 4.78 is 82.9. The van der Waals surface area contributed by atoms with Crippen LogP contribution in [0.15, 0.2) is 77.7 Å². The van der Waals surface area contributed by atoms with Crippen molar-refractivity contribution in [1.29, 1.82) is 0 Å². The molecule has 202 valence electrons. The molecular weight excluding hydrogens is 506 g/mol. The number of nitrogens with zero attached hydrogens (tertiary/aromatic N) is 1. The Hall–Kier alpha value is -2.91. The van der Waals surface area contributed by atoms with E-state index < -0.39 is 22.4 Å². The van der Waals surface area contributed by atoms with Crippen molar-refractivity contribution in [3.63, 3.8) is 0 Å². The van der Waals surface area contributed by atoms with Gasteiger partial charge in [-0.15, -0.1) is 13.2 Å². The first kappa shape index (κ1) is 30.3. The predicted molar refractivity (Wildman–Crippen MR) is 137 cm³/mol. The van der Waals surface area contributed by atoms with Crippen LogP contribution in [-0.4, -0.2) is 32.2 Å². The van der Waals surface area contributed by atoms with Crippen LogP contribution >= 0.6 is 0 Å². The quantitative estimate of drug-likeness (QED) is 0.254. The lowest BCUT2D eigenvalue weighted by Crippen LogP contribution is -2.37. The molecule has 0 bridgehead atoms. The molecule has 0 saturated heterocycles. The zero-order valence-electron chi connectivity index (χ0n) is 21.4. The number of benzene rings is 3. The molecule has 1 unspecified atom stereocenters. The van der Waals surface area contributed by atoms with Gasteiger partial charge in [-0.1, -0.05) is 55.8 Å². The lowest BCUT2D eigenvalue weighted by atomic mass is 9.99. The summed E-state index contributed by atoms with van der Waals surface area (Å²) in [5.74, 6) is -0.677. The number of sulfonamides is 1.